The Morgan fingerprint density at radius 3 is 2.10 bits per heavy atom. The number of hydrogen-bond donors (Lipinski definition) is 11. The first kappa shape index (κ1) is 59.0. The lowest BCUT2D eigenvalue weighted by molar-refractivity contribution is -0.745. The predicted octanol–water partition coefficient (Wildman–Crippen LogP) is -3.75. The number of anilines is 2. The Morgan fingerprint density at radius 2 is 1.45 bits per heavy atom. The van der Waals surface area contributed by atoms with E-state index in [-0.39, 0.29) is 40.7 Å². The molecule has 3 aliphatic rings. The summed E-state index contributed by atoms with van der Waals surface area (Å²) in [7, 11) is -19.3. The molecule has 0 bridgehead atoms. The summed E-state index contributed by atoms with van der Waals surface area (Å²) in [5.74, 6) is -2.19. The molecule has 38 nitrogen and oxygen atoms in total. The first-order valence-corrected chi connectivity index (χ1v) is 28.7. The highest BCUT2D eigenvalue weighted by Gasteiger charge is 2.54. The molecular formula is C36H52N13O25P4+. The number of aromatic nitrogens is 10. The van der Waals surface area contributed by atoms with Gasteiger partial charge in [0.15, 0.2) is 30.2 Å². The number of hydrogen-bond acceptors (Lipinski definition) is 27. The van der Waals surface area contributed by atoms with Crippen molar-refractivity contribution in [3.63, 3.8) is 0 Å². The van der Waals surface area contributed by atoms with Crippen LogP contribution in [-0.2, 0) is 75.8 Å². The number of aliphatic hydroxyl groups is 3. The van der Waals surface area contributed by atoms with Gasteiger partial charge in [-0.1, -0.05) is 4.98 Å². The number of rotatable bonds is 22. The van der Waals surface area contributed by atoms with E-state index >= 15 is 0 Å². The Hall–Kier alpha value is -5.11. The second-order valence-electron chi connectivity index (χ2n) is 17.6. The van der Waals surface area contributed by atoms with E-state index in [9.17, 15) is 72.3 Å². The third kappa shape index (κ3) is 12.7. The maximum absolute atomic E-state index is 13.7. The highest BCUT2D eigenvalue weighted by Crippen LogP contribution is 2.68. The highest BCUT2D eigenvalue weighted by molar-refractivity contribution is 7.66. The molecule has 0 saturated carbocycles. The molecule has 430 valence electrons. The normalized spacial score (nSPS) is 29.6. The van der Waals surface area contributed by atoms with Crippen LogP contribution in [0.25, 0.3) is 22.3 Å². The number of H-pyrrole nitrogens is 2. The summed E-state index contributed by atoms with van der Waals surface area (Å²) in [6.45, 7) is -2.05. The van der Waals surface area contributed by atoms with Gasteiger partial charge in [0.05, 0.1) is 39.3 Å². The van der Waals surface area contributed by atoms with Crippen LogP contribution in [0.4, 0.5) is 11.8 Å². The number of aryl methyl sites for hydroxylation is 1. The van der Waals surface area contributed by atoms with Crippen LogP contribution in [0.15, 0.2) is 45.6 Å². The molecule has 3 saturated heterocycles. The van der Waals surface area contributed by atoms with Crippen molar-refractivity contribution < 1.29 is 108 Å². The molecule has 5 aromatic rings. The van der Waals surface area contributed by atoms with Crippen molar-refractivity contribution in [2.75, 3.05) is 52.0 Å². The van der Waals surface area contributed by atoms with Gasteiger partial charge in [-0.05, 0) is 6.92 Å². The second kappa shape index (κ2) is 22.8. The van der Waals surface area contributed by atoms with E-state index in [4.69, 9.17) is 48.5 Å². The van der Waals surface area contributed by atoms with Gasteiger partial charge in [-0.3, -0.25) is 56.1 Å². The molecule has 0 aliphatic carbocycles. The van der Waals surface area contributed by atoms with Gasteiger partial charge < -0.3 is 70.2 Å². The minimum atomic E-state index is -6.24. The van der Waals surface area contributed by atoms with Crippen molar-refractivity contribution in [1.82, 2.24) is 48.5 Å². The Kier molecular flexibility index (Phi) is 17.2. The molecule has 13 N–H and O–H groups in total. The molecule has 42 heteroatoms. The maximum atomic E-state index is 13.7. The predicted molar refractivity (Wildman–Crippen MR) is 253 cm³/mol. The molecule has 8 rings (SSSR count). The minimum absolute atomic E-state index is 0.00527. The molecule has 0 spiro atoms. The smallest absolute Gasteiger partial charge is 0.387 e. The van der Waals surface area contributed by atoms with Crippen molar-refractivity contribution >= 4 is 71.3 Å². The number of carbonyl (C=O) groups excluding carboxylic acids is 1. The van der Waals surface area contributed by atoms with E-state index in [0.717, 1.165) is 29.5 Å². The zero-order valence-electron chi connectivity index (χ0n) is 40.8. The highest BCUT2D eigenvalue weighted by atomic mass is 31.3. The lowest BCUT2D eigenvalue weighted by Crippen LogP contribution is -2.45. The number of fused-ring (bicyclic) bond motifs is 2. The van der Waals surface area contributed by atoms with E-state index in [1.807, 2.05) is 4.98 Å². The maximum Gasteiger partial charge on any atom is 0.490 e. The number of nitrogens with zero attached hydrogens (tertiary/aromatic N) is 9. The molecule has 0 aromatic carbocycles. The number of amides is 1. The second-order valence-corrected chi connectivity index (χ2v) is 23.6. The average Bonchev–Trinajstić information content (AvgIpc) is 4.21. The van der Waals surface area contributed by atoms with Gasteiger partial charge in [-0.15, -0.1) is 0 Å². The number of aliphatic hydroxyl groups excluding tert-OH is 3. The fourth-order valence-corrected chi connectivity index (χ4v) is 13.1. The third-order valence-electron chi connectivity index (χ3n) is 12.1. The lowest BCUT2D eigenvalue weighted by atomic mass is 9.94. The minimum Gasteiger partial charge on any atom is -0.387 e. The number of nitrogen functional groups attached to an aromatic ring is 2. The Labute approximate surface area is 435 Å². The fraction of sp³-hybridized carbons (Fsp3) is 0.583. The lowest BCUT2D eigenvalue weighted by Gasteiger charge is -2.27. The summed E-state index contributed by atoms with van der Waals surface area (Å²) in [6.07, 6.45) is -14.3. The van der Waals surface area contributed by atoms with Gasteiger partial charge in [0, 0.05) is 45.3 Å². The van der Waals surface area contributed by atoms with Crippen molar-refractivity contribution in [3.8, 4) is 0 Å². The molecule has 3 aliphatic heterocycles. The standard InChI is InChI=1S/C36H51N13O25P4/c1-5-65-27-26(72-75(57,58)66-10-17-24(53)25(54)33(70-17)47-7-6-19(50)42-36(47)56)18(71-34(27)48-13-41-21-28(37)39-12-40-29(21)48)11-68-77(61,62)74-78(63,64)73-76(59,60)67-9-16-15(8-20(51)45(2)3)23(52)32(69-16)49-14-46(4)22-30(49)43-35(38)44-31(22)55/h6-7,12-18,23-27,32-34,52-54H,5,8-11H2,1-4H3,(H9-,37,38,39,40,42,43,44,50,55,56,57,58,59,60,61,62,63,64)/p+1/t15-,16-,17-,18-,23-,24-,25-,26-,27-,32?,33-,34-/m1/s1. The number of carbonyl (C=O) groups is 1. The molecule has 8 heterocycles. The van der Waals surface area contributed by atoms with Crippen molar-refractivity contribution in [2.24, 2.45) is 13.0 Å². The largest absolute Gasteiger partial charge is 0.490 e. The van der Waals surface area contributed by atoms with Gasteiger partial charge in [-0.2, -0.15) is 8.62 Å². The van der Waals surface area contributed by atoms with E-state index in [2.05, 4.69) is 33.5 Å². The van der Waals surface area contributed by atoms with Crippen LogP contribution in [-0.4, -0.2) is 179 Å². The van der Waals surface area contributed by atoms with Crippen LogP contribution in [0.5, 0.6) is 0 Å². The zero-order valence-corrected chi connectivity index (χ0v) is 44.4. The van der Waals surface area contributed by atoms with Gasteiger partial charge >= 0.3 is 42.6 Å². The Balaban J connectivity index is 0.961. The SMILES string of the molecule is CCO[C@@H]1[C@H](OP(=O)(O)OC[C@H]2O[C@@H](n3ccc(=O)[nH]c3=O)[C@H](O)[C@@H]2O)[C@@H](COP(=O)(O)OP(=O)(O)OP(=O)(O)OC[C@H]2OC([n+]3cn(C)c4c(=O)[nH]c(N)nc43)[C@H](O)[C@@H]2CC(=O)N(C)C)O[C@H]1n1cnc2c(N)ncnc21. The summed E-state index contributed by atoms with van der Waals surface area (Å²) in [5.41, 5.74) is 9.19. The molecule has 16 atom stereocenters. The fourth-order valence-electron chi connectivity index (χ4n) is 8.63. The number of aromatic amines is 2. The monoisotopic (exact) mass is 1190 g/mol. The molecule has 1 amide bonds. The Bertz CT molecular complexity index is 3430. The van der Waals surface area contributed by atoms with E-state index < -0.39 is 154 Å². The van der Waals surface area contributed by atoms with Crippen LogP contribution in [0.1, 0.15) is 32.0 Å². The number of ether oxygens (including phenoxy) is 4. The summed E-state index contributed by atoms with van der Waals surface area (Å²) >= 11 is 0. The number of phosphoric ester groups is 3. The van der Waals surface area contributed by atoms with Crippen LogP contribution < -0.4 is 32.8 Å². The quantitative estimate of drug-likeness (QED) is 0.0234. The van der Waals surface area contributed by atoms with Crippen molar-refractivity contribution in [2.45, 2.75) is 80.9 Å². The van der Waals surface area contributed by atoms with Gasteiger partial charge in [-0.25, -0.2) is 42.6 Å². The Morgan fingerprint density at radius 1 is 0.808 bits per heavy atom. The van der Waals surface area contributed by atoms with E-state index in [1.165, 1.54) is 53.0 Å². The number of phosphoric acid groups is 4. The topological polar surface area (TPSA) is 528 Å². The van der Waals surface area contributed by atoms with Gasteiger partial charge in [0.2, 0.25) is 17.7 Å². The zero-order chi connectivity index (χ0) is 57.0. The molecule has 3 fully saturated rings. The van der Waals surface area contributed by atoms with E-state index in [1.54, 1.807) is 0 Å². The van der Waals surface area contributed by atoms with Crippen LogP contribution in [0, 0.1) is 5.92 Å². The third-order valence-corrected chi connectivity index (χ3v) is 17.4. The first-order chi connectivity index (χ1) is 36.5. The summed E-state index contributed by atoms with van der Waals surface area (Å²) in [6, 6.07) is 0.923. The number of nitrogens with two attached hydrogens (primary N) is 2. The molecule has 0 radical (unpaired) electrons. The van der Waals surface area contributed by atoms with Crippen LogP contribution in [0.2, 0.25) is 0 Å². The molecule has 5 unspecified atom stereocenters. The van der Waals surface area contributed by atoms with Gasteiger partial charge in [0.1, 0.15) is 54.6 Å². The summed E-state index contributed by atoms with van der Waals surface area (Å²) < 4.78 is 110. The van der Waals surface area contributed by atoms with Crippen molar-refractivity contribution in [3.05, 3.63) is 62.4 Å². The van der Waals surface area contributed by atoms with E-state index in [0.29, 0.717) is 0 Å². The summed E-state index contributed by atoms with van der Waals surface area (Å²) in [5, 5.41) is 32.8. The summed E-state index contributed by atoms with van der Waals surface area (Å²) in [4.78, 5) is 114. The molecular weight excluding hydrogens is 1140 g/mol. The molecule has 5 aromatic heterocycles. The first-order valence-electron chi connectivity index (χ1n) is 22.7. The van der Waals surface area contributed by atoms with Crippen molar-refractivity contribution in [1.29, 1.82) is 0 Å². The van der Waals surface area contributed by atoms with Gasteiger partial charge in [0.25, 0.3) is 17.1 Å². The number of imidazole rings is 2. The van der Waals surface area contributed by atoms with Crippen LogP contribution in [0.3, 0.4) is 0 Å². The van der Waals surface area contributed by atoms with Crippen LogP contribution >= 0.6 is 31.3 Å². The number of nitrogens with one attached hydrogen (secondary N) is 2. The average molecular weight is 1190 g/mol. The molecule has 78 heavy (non-hydrogen) atoms.